The summed E-state index contributed by atoms with van der Waals surface area (Å²) in [5.74, 6) is 0.229. The van der Waals surface area contributed by atoms with Gasteiger partial charge in [0, 0.05) is 25.0 Å². The van der Waals surface area contributed by atoms with E-state index in [0.717, 1.165) is 6.54 Å². The van der Waals surface area contributed by atoms with Gasteiger partial charge in [0.15, 0.2) is 0 Å². The van der Waals surface area contributed by atoms with E-state index >= 15 is 0 Å². The van der Waals surface area contributed by atoms with E-state index in [-0.39, 0.29) is 5.91 Å². The summed E-state index contributed by atoms with van der Waals surface area (Å²) < 4.78 is 0. The molecule has 0 unspecified atom stereocenters. The van der Waals surface area contributed by atoms with Crippen LogP contribution in [0.5, 0.6) is 0 Å². The fraction of sp³-hybridized carbons (Fsp3) is 0.923. The van der Waals surface area contributed by atoms with Crippen molar-refractivity contribution in [3.63, 3.8) is 0 Å². The van der Waals surface area contributed by atoms with Gasteiger partial charge in [0.25, 0.3) is 0 Å². The number of hydrogen-bond donors (Lipinski definition) is 1. The van der Waals surface area contributed by atoms with E-state index in [1.54, 1.807) is 0 Å². The third-order valence-electron chi connectivity index (χ3n) is 3.95. The van der Waals surface area contributed by atoms with Crippen LogP contribution in [0.1, 0.15) is 32.1 Å². The molecule has 1 aliphatic carbocycles. The van der Waals surface area contributed by atoms with Gasteiger partial charge in [-0.1, -0.05) is 0 Å². The minimum atomic E-state index is 0.229. The van der Waals surface area contributed by atoms with Crippen LogP contribution in [0.4, 0.5) is 0 Å². The smallest absolute Gasteiger partial charge is 0.221 e. The third-order valence-corrected chi connectivity index (χ3v) is 3.95. The van der Waals surface area contributed by atoms with Gasteiger partial charge in [-0.15, -0.1) is 0 Å². The number of amides is 1. The highest BCUT2D eigenvalue weighted by Crippen LogP contribution is 2.19. The van der Waals surface area contributed by atoms with Crippen molar-refractivity contribution in [2.45, 2.75) is 44.2 Å². The van der Waals surface area contributed by atoms with E-state index in [1.807, 2.05) is 0 Å². The number of likely N-dealkylation sites (tertiary alicyclic amines) is 1. The van der Waals surface area contributed by atoms with Crippen LogP contribution in [0.15, 0.2) is 0 Å². The zero-order chi connectivity index (χ0) is 12.3. The molecule has 98 valence electrons. The van der Waals surface area contributed by atoms with E-state index < -0.39 is 0 Å². The summed E-state index contributed by atoms with van der Waals surface area (Å²) in [6.45, 7) is 3.26. The second-order valence-electron chi connectivity index (χ2n) is 5.61. The monoisotopic (exact) mass is 239 g/mol. The van der Waals surface area contributed by atoms with Crippen molar-refractivity contribution in [2.24, 2.45) is 0 Å². The van der Waals surface area contributed by atoms with Crippen LogP contribution in [-0.2, 0) is 4.79 Å². The quantitative estimate of drug-likeness (QED) is 0.766. The van der Waals surface area contributed by atoms with Crippen molar-refractivity contribution >= 4 is 5.91 Å². The molecule has 2 rings (SSSR count). The fourth-order valence-electron chi connectivity index (χ4n) is 2.42. The van der Waals surface area contributed by atoms with Gasteiger partial charge in [0.2, 0.25) is 5.91 Å². The SMILES string of the molecule is CN1CCC(N(C)CCC(=O)NC2CC2)CC1. The first-order valence-electron chi connectivity index (χ1n) is 6.83. The fourth-order valence-corrected chi connectivity index (χ4v) is 2.42. The van der Waals surface area contributed by atoms with Gasteiger partial charge in [-0.05, 0) is 52.9 Å². The number of hydrogen-bond acceptors (Lipinski definition) is 3. The maximum absolute atomic E-state index is 11.6. The normalized spacial score (nSPS) is 23.0. The topological polar surface area (TPSA) is 35.6 Å². The molecule has 4 nitrogen and oxygen atoms in total. The predicted molar refractivity (Wildman–Crippen MR) is 68.9 cm³/mol. The van der Waals surface area contributed by atoms with E-state index in [9.17, 15) is 4.79 Å². The second-order valence-corrected chi connectivity index (χ2v) is 5.61. The molecule has 0 atom stereocenters. The molecule has 17 heavy (non-hydrogen) atoms. The third kappa shape index (κ3) is 4.28. The molecular formula is C13H25N3O. The number of nitrogens with one attached hydrogen (secondary N) is 1. The highest BCUT2D eigenvalue weighted by molar-refractivity contribution is 5.76. The second kappa shape index (κ2) is 5.83. The van der Waals surface area contributed by atoms with Crippen molar-refractivity contribution in [3.8, 4) is 0 Å². The number of rotatable bonds is 5. The number of carbonyl (C=O) groups is 1. The van der Waals surface area contributed by atoms with Crippen molar-refractivity contribution in [2.75, 3.05) is 33.7 Å². The van der Waals surface area contributed by atoms with E-state index in [4.69, 9.17) is 0 Å². The van der Waals surface area contributed by atoms with Crippen molar-refractivity contribution in [3.05, 3.63) is 0 Å². The highest BCUT2D eigenvalue weighted by Gasteiger charge is 2.24. The zero-order valence-electron chi connectivity index (χ0n) is 11.1. The molecule has 0 radical (unpaired) electrons. The predicted octanol–water partition coefficient (Wildman–Crippen LogP) is 0.681. The lowest BCUT2D eigenvalue weighted by Crippen LogP contribution is -2.43. The van der Waals surface area contributed by atoms with Crippen LogP contribution >= 0.6 is 0 Å². The minimum absolute atomic E-state index is 0.229. The Balaban J connectivity index is 1.62. The van der Waals surface area contributed by atoms with E-state index in [1.165, 1.54) is 38.8 Å². The Hall–Kier alpha value is -0.610. The first-order valence-corrected chi connectivity index (χ1v) is 6.83. The lowest BCUT2D eigenvalue weighted by molar-refractivity contribution is -0.121. The van der Waals surface area contributed by atoms with Crippen LogP contribution in [0.25, 0.3) is 0 Å². The molecular weight excluding hydrogens is 214 g/mol. The Kier molecular flexibility index (Phi) is 4.40. The van der Waals surface area contributed by atoms with Crippen molar-refractivity contribution in [1.82, 2.24) is 15.1 Å². The molecule has 0 bridgehead atoms. The Morgan fingerprint density at radius 2 is 1.94 bits per heavy atom. The Bertz CT molecular complexity index is 257. The summed E-state index contributed by atoms with van der Waals surface area (Å²) in [6.07, 6.45) is 5.47. The molecule has 0 aromatic rings. The zero-order valence-corrected chi connectivity index (χ0v) is 11.1. The Morgan fingerprint density at radius 3 is 2.53 bits per heavy atom. The van der Waals surface area contributed by atoms with Crippen LogP contribution in [0, 0.1) is 0 Å². The average molecular weight is 239 g/mol. The molecule has 0 aromatic heterocycles. The molecule has 1 aliphatic heterocycles. The molecule has 2 aliphatic rings. The first kappa shape index (κ1) is 12.8. The molecule has 1 N–H and O–H groups in total. The number of nitrogens with zero attached hydrogens (tertiary/aromatic N) is 2. The van der Waals surface area contributed by atoms with Gasteiger partial charge in [-0.25, -0.2) is 0 Å². The van der Waals surface area contributed by atoms with E-state index in [2.05, 4.69) is 29.2 Å². The molecule has 2 fully saturated rings. The van der Waals surface area contributed by atoms with Gasteiger partial charge in [-0.2, -0.15) is 0 Å². The Labute approximate surface area is 104 Å². The highest BCUT2D eigenvalue weighted by atomic mass is 16.1. The summed E-state index contributed by atoms with van der Waals surface area (Å²) in [4.78, 5) is 16.3. The molecule has 0 spiro atoms. The maximum atomic E-state index is 11.6. The number of carbonyl (C=O) groups excluding carboxylic acids is 1. The van der Waals surface area contributed by atoms with Crippen LogP contribution in [0.2, 0.25) is 0 Å². The summed E-state index contributed by atoms with van der Waals surface area (Å²) in [5.41, 5.74) is 0. The van der Waals surface area contributed by atoms with Gasteiger partial charge < -0.3 is 15.1 Å². The molecule has 1 saturated carbocycles. The van der Waals surface area contributed by atoms with Crippen LogP contribution in [0.3, 0.4) is 0 Å². The summed E-state index contributed by atoms with van der Waals surface area (Å²) in [5, 5.41) is 3.05. The van der Waals surface area contributed by atoms with Gasteiger partial charge in [0.1, 0.15) is 0 Å². The summed E-state index contributed by atoms with van der Waals surface area (Å²) >= 11 is 0. The summed E-state index contributed by atoms with van der Waals surface area (Å²) in [6, 6.07) is 1.16. The molecule has 1 heterocycles. The first-order chi connectivity index (χ1) is 8.15. The lowest BCUT2D eigenvalue weighted by Gasteiger charge is -2.35. The standard InChI is InChI=1S/C13H25N3O/c1-15-8-5-12(6-9-15)16(2)10-7-13(17)14-11-3-4-11/h11-12H,3-10H2,1-2H3,(H,14,17). The Morgan fingerprint density at radius 1 is 1.29 bits per heavy atom. The average Bonchev–Trinajstić information content (AvgIpc) is 3.11. The van der Waals surface area contributed by atoms with E-state index in [0.29, 0.717) is 18.5 Å². The van der Waals surface area contributed by atoms with Gasteiger partial charge >= 0.3 is 0 Å². The molecule has 1 amide bonds. The largest absolute Gasteiger partial charge is 0.353 e. The van der Waals surface area contributed by atoms with Crippen LogP contribution < -0.4 is 5.32 Å². The minimum Gasteiger partial charge on any atom is -0.353 e. The molecule has 4 heteroatoms. The number of piperidine rings is 1. The lowest BCUT2D eigenvalue weighted by atomic mass is 10.0. The molecule has 0 aromatic carbocycles. The van der Waals surface area contributed by atoms with Crippen LogP contribution in [-0.4, -0.2) is 61.5 Å². The van der Waals surface area contributed by atoms with Gasteiger partial charge in [-0.3, -0.25) is 4.79 Å². The van der Waals surface area contributed by atoms with Crippen molar-refractivity contribution < 1.29 is 4.79 Å². The van der Waals surface area contributed by atoms with Crippen molar-refractivity contribution in [1.29, 1.82) is 0 Å². The summed E-state index contributed by atoms with van der Waals surface area (Å²) in [7, 11) is 4.33. The molecule has 1 saturated heterocycles. The maximum Gasteiger partial charge on any atom is 0.221 e. The van der Waals surface area contributed by atoms with Gasteiger partial charge in [0.05, 0.1) is 0 Å².